The zero-order chi connectivity index (χ0) is 17.9. The van der Waals surface area contributed by atoms with Gasteiger partial charge >= 0.3 is 6.03 Å². The van der Waals surface area contributed by atoms with Crippen molar-refractivity contribution in [1.82, 2.24) is 10.2 Å². The SMILES string of the molecule is CCCC[C@]1(C)NC(=O)N(CC(=O)c2ccc(OC)c(Cl)c2)C1=O. The highest BCUT2D eigenvalue weighted by Gasteiger charge is 2.47. The minimum absolute atomic E-state index is 0.299. The van der Waals surface area contributed by atoms with Gasteiger partial charge in [0.15, 0.2) is 5.78 Å². The first-order chi connectivity index (χ1) is 11.3. The highest BCUT2D eigenvalue weighted by Crippen LogP contribution is 2.26. The third-order valence-electron chi connectivity index (χ3n) is 4.15. The number of nitrogens with zero attached hydrogens (tertiary/aromatic N) is 1. The lowest BCUT2D eigenvalue weighted by Crippen LogP contribution is -2.44. The molecule has 1 aliphatic rings. The Morgan fingerprint density at radius 3 is 2.67 bits per heavy atom. The Hall–Kier alpha value is -2.08. The minimum Gasteiger partial charge on any atom is -0.495 e. The summed E-state index contributed by atoms with van der Waals surface area (Å²) in [4.78, 5) is 38.0. The molecule has 1 heterocycles. The van der Waals surface area contributed by atoms with E-state index in [4.69, 9.17) is 16.3 Å². The van der Waals surface area contributed by atoms with E-state index >= 15 is 0 Å². The average Bonchev–Trinajstić information content (AvgIpc) is 2.76. The summed E-state index contributed by atoms with van der Waals surface area (Å²) in [7, 11) is 1.48. The van der Waals surface area contributed by atoms with Crippen molar-refractivity contribution >= 4 is 29.3 Å². The topological polar surface area (TPSA) is 75.7 Å². The molecule has 0 aromatic heterocycles. The summed E-state index contributed by atoms with van der Waals surface area (Å²) in [5.41, 5.74) is -0.617. The van der Waals surface area contributed by atoms with E-state index in [0.717, 1.165) is 17.7 Å². The van der Waals surface area contributed by atoms with Gasteiger partial charge in [-0.1, -0.05) is 31.4 Å². The summed E-state index contributed by atoms with van der Waals surface area (Å²) >= 11 is 6.01. The van der Waals surface area contributed by atoms with E-state index in [-0.39, 0.29) is 18.2 Å². The number of carbonyl (C=O) groups is 3. The van der Waals surface area contributed by atoms with Gasteiger partial charge in [-0.3, -0.25) is 14.5 Å². The number of ketones is 1. The van der Waals surface area contributed by atoms with Gasteiger partial charge in [-0.15, -0.1) is 0 Å². The van der Waals surface area contributed by atoms with Crippen molar-refractivity contribution < 1.29 is 19.1 Å². The molecule has 6 nitrogen and oxygen atoms in total. The number of rotatable bonds is 7. The van der Waals surface area contributed by atoms with Crippen LogP contribution < -0.4 is 10.1 Å². The van der Waals surface area contributed by atoms with Crippen LogP contribution in [0.2, 0.25) is 5.02 Å². The van der Waals surface area contributed by atoms with E-state index in [2.05, 4.69) is 5.32 Å². The van der Waals surface area contributed by atoms with Crippen molar-refractivity contribution in [3.63, 3.8) is 0 Å². The number of halogens is 1. The molecule has 1 fully saturated rings. The van der Waals surface area contributed by atoms with Gasteiger partial charge in [-0.2, -0.15) is 0 Å². The van der Waals surface area contributed by atoms with E-state index in [1.54, 1.807) is 19.1 Å². The molecule has 1 aliphatic heterocycles. The summed E-state index contributed by atoms with van der Waals surface area (Å²) in [6.07, 6.45) is 2.29. The number of methoxy groups -OCH3 is 1. The molecule has 0 saturated carbocycles. The quantitative estimate of drug-likeness (QED) is 0.604. The number of Topliss-reactive ketones (excluding diaryl/α,β-unsaturated/α-hetero) is 1. The van der Waals surface area contributed by atoms with Crippen LogP contribution in [0.5, 0.6) is 5.75 Å². The zero-order valence-corrected chi connectivity index (χ0v) is 14.8. The molecule has 0 aliphatic carbocycles. The second-order valence-corrected chi connectivity index (χ2v) is 6.44. The maximum atomic E-state index is 12.5. The van der Waals surface area contributed by atoms with Crippen LogP contribution in [0.25, 0.3) is 0 Å². The molecule has 1 saturated heterocycles. The number of ether oxygens (including phenoxy) is 1. The Morgan fingerprint density at radius 2 is 2.08 bits per heavy atom. The molecule has 1 aromatic rings. The number of carbonyl (C=O) groups excluding carboxylic acids is 3. The maximum Gasteiger partial charge on any atom is 0.325 e. The molecule has 0 bridgehead atoms. The molecule has 1 N–H and O–H groups in total. The van der Waals surface area contributed by atoms with E-state index in [1.807, 2.05) is 6.92 Å². The van der Waals surface area contributed by atoms with Crippen LogP contribution >= 0.6 is 11.6 Å². The number of urea groups is 1. The van der Waals surface area contributed by atoms with E-state index < -0.39 is 11.6 Å². The molecule has 3 amide bonds. The summed E-state index contributed by atoms with van der Waals surface area (Å²) in [6, 6.07) is 4.07. The molecule has 1 aromatic carbocycles. The normalized spacial score (nSPS) is 20.2. The average molecular weight is 353 g/mol. The summed E-state index contributed by atoms with van der Waals surface area (Å²) in [6.45, 7) is 3.39. The summed E-state index contributed by atoms with van der Waals surface area (Å²) in [5, 5.41) is 2.99. The highest BCUT2D eigenvalue weighted by molar-refractivity contribution is 6.32. The van der Waals surface area contributed by atoms with Crippen molar-refractivity contribution in [2.24, 2.45) is 0 Å². The first-order valence-corrected chi connectivity index (χ1v) is 8.21. The first-order valence-electron chi connectivity index (χ1n) is 7.83. The Balaban J connectivity index is 2.12. The summed E-state index contributed by atoms with van der Waals surface area (Å²) in [5.74, 6) is -0.271. The third-order valence-corrected chi connectivity index (χ3v) is 4.45. The van der Waals surface area contributed by atoms with Crippen molar-refractivity contribution in [1.29, 1.82) is 0 Å². The Bertz CT molecular complexity index is 677. The molecule has 1 atom stereocenters. The molecule has 130 valence electrons. The number of nitrogens with one attached hydrogen (secondary N) is 1. The lowest BCUT2D eigenvalue weighted by atomic mass is 9.95. The van der Waals surface area contributed by atoms with Crippen LogP contribution in [0, 0.1) is 0 Å². The molecule has 24 heavy (non-hydrogen) atoms. The number of imide groups is 1. The van der Waals surface area contributed by atoms with Crippen molar-refractivity contribution in [2.45, 2.75) is 38.6 Å². The minimum atomic E-state index is -0.940. The fourth-order valence-electron chi connectivity index (χ4n) is 2.67. The van der Waals surface area contributed by atoms with Crippen LogP contribution in [0.3, 0.4) is 0 Å². The second-order valence-electron chi connectivity index (χ2n) is 6.03. The predicted molar refractivity (Wildman–Crippen MR) is 90.5 cm³/mol. The van der Waals surface area contributed by atoms with Crippen LogP contribution in [0.1, 0.15) is 43.5 Å². The number of unbranched alkanes of at least 4 members (excludes halogenated alkanes) is 1. The van der Waals surface area contributed by atoms with Crippen LogP contribution in [-0.2, 0) is 4.79 Å². The Morgan fingerprint density at radius 1 is 1.38 bits per heavy atom. The van der Waals surface area contributed by atoms with Gasteiger partial charge in [0.2, 0.25) is 0 Å². The van der Waals surface area contributed by atoms with Crippen LogP contribution in [-0.4, -0.2) is 41.8 Å². The van der Waals surface area contributed by atoms with Gasteiger partial charge in [0.25, 0.3) is 5.91 Å². The highest BCUT2D eigenvalue weighted by atomic mass is 35.5. The van der Waals surface area contributed by atoms with Gasteiger partial charge in [-0.25, -0.2) is 4.79 Å². The lowest BCUT2D eigenvalue weighted by Gasteiger charge is -2.21. The smallest absolute Gasteiger partial charge is 0.325 e. The van der Waals surface area contributed by atoms with Gasteiger partial charge in [0.05, 0.1) is 18.7 Å². The Labute approximate surface area is 146 Å². The monoisotopic (exact) mass is 352 g/mol. The van der Waals surface area contributed by atoms with Crippen molar-refractivity contribution in [3.8, 4) is 5.75 Å². The van der Waals surface area contributed by atoms with Gasteiger partial charge in [0, 0.05) is 5.56 Å². The third kappa shape index (κ3) is 3.53. The zero-order valence-electron chi connectivity index (χ0n) is 14.0. The van der Waals surface area contributed by atoms with E-state index in [0.29, 0.717) is 22.8 Å². The predicted octanol–water partition coefficient (Wildman–Crippen LogP) is 3.03. The molecule has 0 radical (unpaired) electrons. The first kappa shape index (κ1) is 18.3. The van der Waals surface area contributed by atoms with Gasteiger partial charge in [-0.05, 0) is 31.5 Å². The Kier molecular flexibility index (Phi) is 5.49. The largest absolute Gasteiger partial charge is 0.495 e. The standard InChI is InChI=1S/C17H21ClN2O4/c1-4-5-8-17(2)15(22)20(16(23)19-17)10-13(21)11-6-7-14(24-3)12(18)9-11/h6-7,9H,4-5,8,10H2,1-3H3,(H,19,23)/t17-/m0/s1. The van der Waals surface area contributed by atoms with Gasteiger partial charge < -0.3 is 10.1 Å². The number of amides is 3. The lowest BCUT2D eigenvalue weighted by molar-refractivity contribution is -0.130. The van der Waals surface area contributed by atoms with Crippen molar-refractivity contribution in [2.75, 3.05) is 13.7 Å². The number of hydrogen-bond donors (Lipinski definition) is 1. The fourth-order valence-corrected chi connectivity index (χ4v) is 2.92. The van der Waals surface area contributed by atoms with Gasteiger partial charge in [0.1, 0.15) is 11.3 Å². The summed E-state index contributed by atoms with van der Waals surface area (Å²) < 4.78 is 5.04. The maximum absolute atomic E-state index is 12.5. The number of hydrogen-bond acceptors (Lipinski definition) is 4. The number of benzene rings is 1. The van der Waals surface area contributed by atoms with Crippen LogP contribution in [0.4, 0.5) is 4.79 Å². The van der Waals surface area contributed by atoms with E-state index in [9.17, 15) is 14.4 Å². The molecule has 7 heteroatoms. The second kappa shape index (κ2) is 7.21. The molecule has 0 unspecified atom stereocenters. The molecular formula is C17H21ClN2O4. The van der Waals surface area contributed by atoms with Crippen LogP contribution in [0.15, 0.2) is 18.2 Å². The van der Waals surface area contributed by atoms with E-state index in [1.165, 1.54) is 13.2 Å². The molecule has 2 rings (SSSR count). The molecule has 0 spiro atoms. The molecular weight excluding hydrogens is 332 g/mol. The van der Waals surface area contributed by atoms with Crippen molar-refractivity contribution in [3.05, 3.63) is 28.8 Å². The fraction of sp³-hybridized carbons (Fsp3) is 0.471.